The Bertz CT molecular complexity index is 467. The van der Waals surface area contributed by atoms with Crippen LogP contribution in [0.5, 0.6) is 5.75 Å². The molecule has 5 heteroatoms. The van der Waals surface area contributed by atoms with Crippen molar-refractivity contribution >= 4 is 15.9 Å². The highest BCUT2D eigenvalue weighted by molar-refractivity contribution is 9.10. The first-order chi connectivity index (χ1) is 8.28. The van der Waals surface area contributed by atoms with Crippen molar-refractivity contribution in [3.05, 3.63) is 46.5 Å². The van der Waals surface area contributed by atoms with Gasteiger partial charge in [-0.15, -0.1) is 0 Å². The van der Waals surface area contributed by atoms with Gasteiger partial charge >= 0.3 is 0 Å². The second-order valence-corrected chi connectivity index (χ2v) is 4.55. The molecule has 0 fully saturated rings. The number of hydrogen-bond donors (Lipinski definition) is 2. The lowest BCUT2D eigenvalue weighted by atomic mass is 10.3. The summed E-state index contributed by atoms with van der Waals surface area (Å²) in [5.41, 5.74) is 6.51. The highest BCUT2D eigenvalue weighted by Gasteiger charge is 2.01. The first kappa shape index (κ1) is 12.1. The molecule has 0 unspecified atom stereocenters. The summed E-state index contributed by atoms with van der Waals surface area (Å²) in [6.07, 6.45) is 2.61. The van der Waals surface area contributed by atoms with Gasteiger partial charge in [-0.2, -0.15) is 0 Å². The molecular formula is C12H14BrN3O. The molecule has 17 heavy (non-hydrogen) atoms. The summed E-state index contributed by atoms with van der Waals surface area (Å²) in [6.45, 7) is 1.06. The van der Waals surface area contributed by atoms with Crippen LogP contribution in [0.3, 0.4) is 0 Å². The van der Waals surface area contributed by atoms with Crippen LogP contribution in [-0.4, -0.2) is 16.5 Å². The number of imidazole rings is 1. The van der Waals surface area contributed by atoms with E-state index in [-0.39, 0.29) is 0 Å². The van der Waals surface area contributed by atoms with Gasteiger partial charge in [0.15, 0.2) is 0 Å². The van der Waals surface area contributed by atoms with E-state index in [1.807, 2.05) is 24.3 Å². The molecule has 90 valence electrons. The monoisotopic (exact) mass is 295 g/mol. The van der Waals surface area contributed by atoms with E-state index >= 15 is 0 Å². The van der Waals surface area contributed by atoms with E-state index in [1.54, 1.807) is 6.20 Å². The molecule has 0 atom stereocenters. The van der Waals surface area contributed by atoms with E-state index in [1.165, 1.54) is 0 Å². The summed E-state index contributed by atoms with van der Waals surface area (Å²) in [5.74, 6) is 1.64. The molecular weight excluding hydrogens is 282 g/mol. The lowest BCUT2D eigenvalue weighted by Crippen LogP contribution is -2.03. The minimum atomic E-state index is 0.437. The first-order valence-corrected chi connectivity index (χ1v) is 6.18. The van der Waals surface area contributed by atoms with Crippen LogP contribution in [0.1, 0.15) is 11.5 Å². The third kappa shape index (κ3) is 3.57. The van der Waals surface area contributed by atoms with Crippen molar-refractivity contribution in [3.8, 4) is 5.75 Å². The van der Waals surface area contributed by atoms with E-state index < -0.39 is 0 Å². The van der Waals surface area contributed by atoms with Gasteiger partial charge in [0, 0.05) is 22.8 Å². The molecule has 1 aromatic carbocycles. The largest absolute Gasteiger partial charge is 0.486 e. The van der Waals surface area contributed by atoms with Crippen LogP contribution in [-0.2, 0) is 13.0 Å². The lowest BCUT2D eigenvalue weighted by Gasteiger charge is -2.03. The Morgan fingerprint density at radius 2 is 2.06 bits per heavy atom. The van der Waals surface area contributed by atoms with E-state index in [9.17, 15) is 0 Å². The second kappa shape index (κ2) is 5.84. The molecule has 0 amide bonds. The molecule has 0 aliphatic carbocycles. The average molecular weight is 296 g/mol. The Hall–Kier alpha value is -1.33. The van der Waals surface area contributed by atoms with Crippen LogP contribution in [0.25, 0.3) is 0 Å². The van der Waals surface area contributed by atoms with Gasteiger partial charge in [-0.1, -0.05) is 15.9 Å². The molecule has 0 spiro atoms. The molecule has 3 N–H and O–H groups in total. The first-order valence-electron chi connectivity index (χ1n) is 5.39. The number of rotatable bonds is 5. The number of aromatic amines is 1. The fourth-order valence-electron chi connectivity index (χ4n) is 1.44. The molecule has 0 aliphatic rings. The van der Waals surface area contributed by atoms with Crippen molar-refractivity contribution in [1.82, 2.24) is 9.97 Å². The minimum Gasteiger partial charge on any atom is -0.486 e. The zero-order valence-corrected chi connectivity index (χ0v) is 10.9. The number of ether oxygens (including phenoxy) is 1. The lowest BCUT2D eigenvalue weighted by molar-refractivity contribution is 0.297. The van der Waals surface area contributed by atoms with Gasteiger partial charge < -0.3 is 15.5 Å². The van der Waals surface area contributed by atoms with Gasteiger partial charge in [0.2, 0.25) is 0 Å². The number of nitrogens with two attached hydrogens (primary N) is 1. The molecule has 0 saturated heterocycles. The van der Waals surface area contributed by atoms with Gasteiger partial charge in [-0.3, -0.25) is 0 Å². The number of nitrogens with one attached hydrogen (secondary N) is 1. The SMILES string of the molecule is NCCc1cnc(COc2ccc(Br)cc2)[nH]1. The average Bonchev–Trinajstić information content (AvgIpc) is 2.77. The molecule has 1 aromatic heterocycles. The summed E-state index contributed by atoms with van der Waals surface area (Å²) in [6, 6.07) is 7.70. The van der Waals surface area contributed by atoms with Crippen LogP contribution in [0.4, 0.5) is 0 Å². The summed E-state index contributed by atoms with van der Waals surface area (Å²) < 4.78 is 6.63. The summed E-state index contributed by atoms with van der Waals surface area (Å²) in [5, 5.41) is 0. The van der Waals surface area contributed by atoms with Gasteiger partial charge in [0.25, 0.3) is 0 Å². The number of nitrogens with zero attached hydrogens (tertiary/aromatic N) is 1. The Labute approximate surface area is 108 Å². The number of hydrogen-bond acceptors (Lipinski definition) is 3. The molecule has 4 nitrogen and oxygen atoms in total. The predicted molar refractivity (Wildman–Crippen MR) is 69.8 cm³/mol. The zero-order chi connectivity index (χ0) is 12.1. The van der Waals surface area contributed by atoms with Crippen molar-refractivity contribution in [3.63, 3.8) is 0 Å². The molecule has 0 aliphatic heterocycles. The standard InChI is InChI=1S/C12H14BrN3O/c13-9-1-3-11(4-2-9)17-8-12-15-7-10(16-12)5-6-14/h1-4,7H,5-6,8,14H2,(H,15,16). The Kier molecular flexibility index (Phi) is 4.17. The number of H-pyrrole nitrogens is 1. The smallest absolute Gasteiger partial charge is 0.146 e. The predicted octanol–water partition coefficient (Wildman–Crippen LogP) is 2.25. The van der Waals surface area contributed by atoms with Crippen LogP contribution < -0.4 is 10.5 Å². The highest BCUT2D eigenvalue weighted by atomic mass is 79.9. The summed E-state index contributed by atoms with van der Waals surface area (Å²) >= 11 is 3.38. The zero-order valence-electron chi connectivity index (χ0n) is 9.32. The fraction of sp³-hybridized carbons (Fsp3) is 0.250. The molecule has 1 heterocycles. The minimum absolute atomic E-state index is 0.437. The van der Waals surface area contributed by atoms with E-state index in [2.05, 4.69) is 25.9 Å². The van der Waals surface area contributed by atoms with Crippen LogP contribution in [0, 0.1) is 0 Å². The van der Waals surface area contributed by atoms with Crippen LogP contribution >= 0.6 is 15.9 Å². The molecule has 0 radical (unpaired) electrons. The number of aromatic nitrogens is 2. The maximum Gasteiger partial charge on any atom is 0.146 e. The quantitative estimate of drug-likeness (QED) is 0.889. The third-order valence-corrected chi connectivity index (χ3v) is 2.81. The number of halogens is 1. The van der Waals surface area contributed by atoms with Crippen molar-refractivity contribution in [2.45, 2.75) is 13.0 Å². The van der Waals surface area contributed by atoms with Crippen molar-refractivity contribution in [1.29, 1.82) is 0 Å². The summed E-state index contributed by atoms with van der Waals surface area (Å²) in [7, 11) is 0. The fourth-order valence-corrected chi connectivity index (χ4v) is 1.71. The topological polar surface area (TPSA) is 63.9 Å². The molecule has 0 bridgehead atoms. The van der Waals surface area contributed by atoms with Crippen LogP contribution in [0.2, 0.25) is 0 Å². The van der Waals surface area contributed by atoms with Crippen molar-refractivity contribution in [2.75, 3.05) is 6.54 Å². The van der Waals surface area contributed by atoms with Crippen molar-refractivity contribution in [2.24, 2.45) is 5.73 Å². The van der Waals surface area contributed by atoms with Gasteiger partial charge in [-0.25, -0.2) is 4.98 Å². The normalized spacial score (nSPS) is 10.5. The summed E-state index contributed by atoms with van der Waals surface area (Å²) in [4.78, 5) is 7.39. The van der Waals surface area contributed by atoms with E-state index in [0.717, 1.165) is 28.2 Å². The highest BCUT2D eigenvalue weighted by Crippen LogP contribution is 2.16. The Morgan fingerprint density at radius 3 is 2.76 bits per heavy atom. The molecule has 2 rings (SSSR count). The Morgan fingerprint density at radius 1 is 1.29 bits per heavy atom. The van der Waals surface area contributed by atoms with Gasteiger partial charge in [0.05, 0.1) is 0 Å². The van der Waals surface area contributed by atoms with Crippen LogP contribution in [0.15, 0.2) is 34.9 Å². The Balaban J connectivity index is 1.90. The molecule has 0 saturated carbocycles. The third-order valence-electron chi connectivity index (χ3n) is 2.28. The second-order valence-electron chi connectivity index (χ2n) is 3.64. The van der Waals surface area contributed by atoms with Gasteiger partial charge in [0.1, 0.15) is 18.2 Å². The van der Waals surface area contributed by atoms with Crippen molar-refractivity contribution < 1.29 is 4.74 Å². The molecule has 2 aromatic rings. The van der Waals surface area contributed by atoms with E-state index in [4.69, 9.17) is 10.5 Å². The van der Waals surface area contributed by atoms with Gasteiger partial charge in [-0.05, 0) is 30.8 Å². The van der Waals surface area contributed by atoms with E-state index in [0.29, 0.717) is 13.2 Å². The maximum atomic E-state index is 5.59. The maximum absolute atomic E-state index is 5.59. The number of benzene rings is 1.